The van der Waals surface area contributed by atoms with Gasteiger partial charge in [-0.15, -0.1) is 0 Å². The van der Waals surface area contributed by atoms with Crippen LogP contribution in [-0.2, 0) is 11.5 Å². The highest BCUT2D eigenvalue weighted by Crippen LogP contribution is 2.21. The van der Waals surface area contributed by atoms with Crippen molar-refractivity contribution in [2.24, 2.45) is 0 Å². The Bertz CT molecular complexity index is 546. The number of hydrogen-bond acceptors (Lipinski definition) is 2. The van der Waals surface area contributed by atoms with E-state index in [4.69, 9.17) is 4.74 Å². The fourth-order valence-corrected chi connectivity index (χ4v) is 2.78. The molecule has 0 saturated carbocycles. The van der Waals surface area contributed by atoms with Crippen LogP contribution in [-0.4, -0.2) is 24.5 Å². The third-order valence-electron chi connectivity index (χ3n) is 3.03. The highest BCUT2D eigenvalue weighted by atomic mass is 79.9. The molecule has 3 nitrogen and oxygen atoms in total. The van der Waals surface area contributed by atoms with Gasteiger partial charge in [-0.2, -0.15) is 5.10 Å². The van der Waals surface area contributed by atoms with Crippen molar-refractivity contribution >= 4 is 24.0 Å². The van der Waals surface area contributed by atoms with Gasteiger partial charge in [-0.05, 0) is 23.7 Å². The maximum atomic E-state index is 5.69. The van der Waals surface area contributed by atoms with E-state index in [1.165, 1.54) is 11.6 Å². The SMILES string of the molecule is C[Si](C)(C)CCOCn1cc(-c2ccc(Br)cc2)cn1. The van der Waals surface area contributed by atoms with Gasteiger partial charge < -0.3 is 4.74 Å². The van der Waals surface area contributed by atoms with Crippen molar-refractivity contribution in [1.82, 2.24) is 9.78 Å². The monoisotopic (exact) mass is 352 g/mol. The van der Waals surface area contributed by atoms with Crippen molar-refractivity contribution in [2.75, 3.05) is 6.61 Å². The summed E-state index contributed by atoms with van der Waals surface area (Å²) in [6, 6.07) is 9.43. The molecule has 0 amide bonds. The van der Waals surface area contributed by atoms with Gasteiger partial charge in [0.05, 0.1) is 6.20 Å². The summed E-state index contributed by atoms with van der Waals surface area (Å²) in [5.74, 6) is 0. The highest BCUT2D eigenvalue weighted by molar-refractivity contribution is 9.10. The van der Waals surface area contributed by atoms with E-state index >= 15 is 0 Å². The molecule has 0 bridgehead atoms. The van der Waals surface area contributed by atoms with Gasteiger partial charge >= 0.3 is 0 Å². The topological polar surface area (TPSA) is 27.1 Å². The number of hydrogen-bond donors (Lipinski definition) is 0. The van der Waals surface area contributed by atoms with E-state index < -0.39 is 8.07 Å². The van der Waals surface area contributed by atoms with E-state index in [-0.39, 0.29) is 0 Å². The maximum Gasteiger partial charge on any atom is 0.139 e. The molecule has 0 N–H and O–H groups in total. The Morgan fingerprint density at radius 2 is 1.85 bits per heavy atom. The molecule has 0 aliphatic carbocycles. The van der Waals surface area contributed by atoms with Crippen LogP contribution in [0.5, 0.6) is 0 Å². The summed E-state index contributed by atoms with van der Waals surface area (Å²) in [6.45, 7) is 8.42. The molecule has 0 aliphatic rings. The first kappa shape index (κ1) is 15.5. The van der Waals surface area contributed by atoms with E-state index in [1.807, 2.05) is 29.2 Å². The van der Waals surface area contributed by atoms with Crippen LogP contribution < -0.4 is 0 Å². The summed E-state index contributed by atoms with van der Waals surface area (Å²) in [5.41, 5.74) is 2.29. The van der Waals surface area contributed by atoms with Crippen molar-refractivity contribution in [3.63, 3.8) is 0 Å². The number of aromatic nitrogens is 2. The Balaban J connectivity index is 1.88. The molecule has 108 valence electrons. The molecule has 0 unspecified atom stereocenters. The average molecular weight is 353 g/mol. The van der Waals surface area contributed by atoms with Crippen LogP contribution in [0, 0.1) is 0 Å². The lowest BCUT2D eigenvalue weighted by molar-refractivity contribution is 0.0786. The van der Waals surface area contributed by atoms with Crippen LogP contribution in [0.1, 0.15) is 0 Å². The molecule has 0 fully saturated rings. The number of halogens is 1. The minimum atomic E-state index is -1.01. The molecular weight excluding hydrogens is 332 g/mol. The molecule has 20 heavy (non-hydrogen) atoms. The molecular formula is C15H21BrN2OSi. The fourth-order valence-electron chi connectivity index (χ4n) is 1.76. The predicted molar refractivity (Wildman–Crippen MR) is 89.5 cm³/mol. The Hall–Kier alpha value is -0.913. The summed E-state index contributed by atoms with van der Waals surface area (Å²) in [4.78, 5) is 0. The Labute approximate surface area is 130 Å². The minimum Gasteiger partial charge on any atom is -0.360 e. The predicted octanol–water partition coefficient (Wildman–Crippen LogP) is 4.62. The zero-order valence-corrected chi connectivity index (χ0v) is 14.9. The van der Waals surface area contributed by atoms with Gasteiger partial charge in [-0.25, -0.2) is 4.68 Å². The number of rotatable bonds is 6. The minimum absolute atomic E-state index is 0.529. The molecule has 0 atom stereocenters. The molecule has 5 heteroatoms. The van der Waals surface area contributed by atoms with Crippen LogP contribution in [0.15, 0.2) is 41.1 Å². The number of benzene rings is 1. The summed E-state index contributed by atoms with van der Waals surface area (Å²) in [7, 11) is -1.01. The first-order valence-corrected chi connectivity index (χ1v) is 11.3. The Kier molecular flexibility index (Phi) is 5.18. The Morgan fingerprint density at radius 3 is 2.50 bits per heavy atom. The first-order valence-electron chi connectivity index (χ1n) is 6.80. The largest absolute Gasteiger partial charge is 0.360 e. The summed E-state index contributed by atoms with van der Waals surface area (Å²) in [6.07, 6.45) is 3.91. The lowest BCUT2D eigenvalue weighted by Crippen LogP contribution is -2.22. The van der Waals surface area contributed by atoms with Gasteiger partial charge in [0.15, 0.2) is 0 Å². The van der Waals surface area contributed by atoms with Crippen LogP contribution in [0.3, 0.4) is 0 Å². The fraction of sp³-hybridized carbons (Fsp3) is 0.400. The van der Waals surface area contributed by atoms with Crippen LogP contribution in [0.4, 0.5) is 0 Å². The average Bonchev–Trinajstić information content (AvgIpc) is 2.83. The zero-order valence-electron chi connectivity index (χ0n) is 12.3. The third kappa shape index (κ3) is 4.88. The maximum absolute atomic E-state index is 5.69. The standard InChI is InChI=1S/C15H21BrN2OSi/c1-20(2,3)9-8-19-12-18-11-14(10-17-18)13-4-6-15(16)7-5-13/h4-7,10-11H,8-9,12H2,1-3H3. The van der Waals surface area contributed by atoms with Crippen molar-refractivity contribution in [3.05, 3.63) is 41.1 Å². The molecule has 1 aromatic heterocycles. The quantitative estimate of drug-likeness (QED) is 0.559. The van der Waals surface area contributed by atoms with E-state index in [0.717, 1.165) is 16.6 Å². The Morgan fingerprint density at radius 1 is 1.15 bits per heavy atom. The lowest BCUT2D eigenvalue weighted by Gasteiger charge is -2.15. The molecule has 1 aromatic carbocycles. The van der Waals surface area contributed by atoms with E-state index in [1.54, 1.807) is 0 Å². The first-order chi connectivity index (χ1) is 9.44. The molecule has 0 saturated heterocycles. The third-order valence-corrected chi connectivity index (χ3v) is 5.26. The normalized spacial score (nSPS) is 11.8. The van der Waals surface area contributed by atoms with Gasteiger partial charge in [0.25, 0.3) is 0 Å². The second-order valence-corrected chi connectivity index (χ2v) is 12.7. The zero-order chi connectivity index (χ0) is 14.6. The molecule has 0 spiro atoms. The van der Waals surface area contributed by atoms with E-state index in [2.05, 4.69) is 52.8 Å². The van der Waals surface area contributed by atoms with Crippen molar-refractivity contribution in [2.45, 2.75) is 32.4 Å². The highest BCUT2D eigenvalue weighted by Gasteiger charge is 2.12. The summed E-state index contributed by atoms with van der Waals surface area (Å²) in [5, 5.41) is 4.34. The lowest BCUT2D eigenvalue weighted by atomic mass is 10.1. The van der Waals surface area contributed by atoms with Crippen LogP contribution >= 0.6 is 15.9 Å². The second kappa shape index (κ2) is 6.69. The van der Waals surface area contributed by atoms with Crippen molar-refractivity contribution in [1.29, 1.82) is 0 Å². The van der Waals surface area contributed by atoms with Gasteiger partial charge in [-0.3, -0.25) is 0 Å². The van der Waals surface area contributed by atoms with Crippen molar-refractivity contribution in [3.8, 4) is 11.1 Å². The van der Waals surface area contributed by atoms with E-state index in [9.17, 15) is 0 Å². The summed E-state index contributed by atoms with van der Waals surface area (Å²) < 4.78 is 8.63. The van der Waals surface area contributed by atoms with Gasteiger partial charge in [-0.1, -0.05) is 47.7 Å². The molecule has 0 radical (unpaired) electrons. The van der Waals surface area contributed by atoms with Crippen LogP contribution in [0.2, 0.25) is 25.7 Å². The van der Waals surface area contributed by atoms with Gasteiger partial charge in [0, 0.05) is 30.9 Å². The van der Waals surface area contributed by atoms with Crippen LogP contribution in [0.25, 0.3) is 11.1 Å². The summed E-state index contributed by atoms with van der Waals surface area (Å²) >= 11 is 3.44. The van der Waals surface area contributed by atoms with Gasteiger partial charge in [0.1, 0.15) is 6.73 Å². The molecule has 2 aromatic rings. The smallest absolute Gasteiger partial charge is 0.139 e. The second-order valence-electron chi connectivity index (χ2n) is 6.12. The number of nitrogens with zero attached hydrogens (tertiary/aromatic N) is 2. The van der Waals surface area contributed by atoms with Gasteiger partial charge in [0.2, 0.25) is 0 Å². The van der Waals surface area contributed by atoms with Crippen molar-refractivity contribution < 1.29 is 4.74 Å². The molecule has 2 rings (SSSR count). The molecule has 0 aliphatic heterocycles. The number of ether oxygens (including phenoxy) is 1. The van der Waals surface area contributed by atoms with E-state index in [0.29, 0.717) is 6.73 Å². The molecule has 1 heterocycles.